The molecule has 2 N–H and O–H groups in total. The molecule has 2 aliphatic rings. The highest BCUT2D eigenvalue weighted by molar-refractivity contribution is 5.75. The summed E-state index contributed by atoms with van der Waals surface area (Å²) < 4.78 is 0. The molecular weight excluding hydrogens is 278 g/mol. The van der Waals surface area contributed by atoms with Crippen LogP contribution in [0.15, 0.2) is 23.8 Å². The molecule has 22 heavy (non-hydrogen) atoms. The second-order valence-electron chi connectivity index (χ2n) is 6.84. The Hall–Kier alpha value is -1.13. The Morgan fingerprint density at radius 3 is 2.86 bits per heavy atom. The zero-order chi connectivity index (χ0) is 16.1. The van der Waals surface area contributed by atoms with Gasteiger partial charge in [0.05, 0.1) is 12.7 Å². The van der Waals surface area contributed by atoms with Gasteiger partial charge in [-0.1, -0.05) is 23.8 Å². The predicted octanol–water partition coefficient (Wildman–Crippen LogP) is 2.13. The van der Waals surface area contributed by atoms with Crippen molar-refractivity contribution in [3.8, 4) is 0 Å². The molecule has 1 fully saturated rings. The molecule has 124 valence electrons. The van der Waals surface area contributed by atoms with Gasteiger partial charge in [0.2, 0.25) is 5.91 Å². The summed E-state index contributed by atoms with van der Waals surface area (Å²) in [5.74, 6) is 1.37. The molecule has 0 aliphatic heterocycles. The molecule has 0 aromatic rings. The monoisotopic (exact) mass is 307 g/mol. The van der Waals surface area contributed by atoms with Crippen molar-refractivity contribution in [1.29, 1.82) is 0 Å². The average molecular weight is 307 g/mol. The number of aliphatic hydroxyl groups excluding tert-OH is 2. The van der Waals surface area contributed by atoms with Gasteiger partial charge in [0.25, 0.3) is 0 Å². The quantitative estimate of drug-likeness (QED) is 0.559. The standard InChI is InChI=1S/C18H29NO3/c1-19(2)18(22)8-4-3-6-13-10-14-12-17(21)15(7-5-9-20)16(14)11-13/h5,7,10,14-17,20-21H,3-4,6,8-9,11-12H2,1-2H3/b7-5+/t14-,15+,16-,17+/m0/s1. The van der Waals surface area contributed by atoms with E-state index in [9.17, 15) is 9.90 Å². The third-order valence-corrected chi connectivity index (χ3v) is 5.05. The Bertz CT molecular complexity index is 442. The minimum Gasteiger partial charge on any atom is -0.392 e. The molecule has 0 aromatic carbocycles. The van der Waals surface area contributed by atoms with E-state index >= 15 is 0 Å². The van der Waals surface area contributed by atoms with Crippen molar-refractivity contribution in [2.24, 2.45) is 17.8 Å². The van der Waals surface area contributed by atoms with Crippen LogP contribution in [0.1, 0.15) is 38.5 Å². The number of amides is 1. The molecule has 0 heterocycles. The highest BCUT2D eigenvalue weighted by atomic mass is 16.3. The van der Waals surface area contributed by atoms with E-state index in [1.807, 2.05) is 6.08 Å². The number of fused-ring (bicyclic) bond motifs is 1. The number of carbonyl (C=O) groups excluding carboxylic acids is 1. The first-order valence-electron chi connectivity index (χ1n) is 8.38. The summed E-state index contributed by atoms with van der Waals surface area (Å²) in [6.45, 7) is 0.0425. The zero-order valence-electron chi connectivity index (χ0n) is 13.7. The fourth-order valence-electron chi connectivity index (χ4n) is 3.86. The Balaban J connectivity index is 1.76. The van der Waals surface area contributed by atoms with Crippen LogP contribution in [-0.4, -0.2) is 47.8 Å². The molecule has 1 saturated carbocycles. The Labute approximate surface area is 133 Å². The minimum atomic E-state index is -0.270. The number of hydrogen-bond acceptors (Lipinski definition) is 3. The molecule has 4 heteroatoms. The van der Waals surface area contributed by atoms with E-state index in [2.05, 4.69) is 6.08 Å². The molecule has 2 rings (SSSR count). The third kappa shape index (κ3) is 4.20. The minimum absolute atomic E-state index is 0.0425. The van der Waals surface area contributed by atoms with Gasteiger partial charge < -0.3 is 15.1 Å². The normalized spacial score (nSPS) is 30.6. The summed E-state index contributed by atoms with van der Waals surface area (Å²) in [6, 6.07) is 0. The maximum absolute atomic E-state index is 11.5. The lowest BCUT2D eigenvalue weighted by Crippen LogP contribution is -2.21. The Morgan fingerprint density at radius 2 is 2.18 bits per heavy atom. The second kappa shape index (κ2) is 7.93. The zero-order valence-corrected chi connectivity index (χ0v) is 13.7. The fraction of sp³-hybridized carbons (Fsp3) is 0.722. The van der Waals surface area contributed by atoms with Crippen molar-refractivity contribution in [3.05, 3.63) is 23.8 Å². The van der Waals surface area contributed by atoms with Crippen LogP contribution in [0.25, 0.3) is 0 Å². The average Bonchev–Trinajstić information content (AvgIpc) is 2.98. The van der Waals surface area contributed by atoms with Crippen molar-refractivity contribution in [2.45, 2.75) is 44.6 Å². The van der Waals surface area contributed by atoms with E-state index in [0.29, 0.717) is 18.3 Å². The van der Waals surface area contributed by atoms with Gasteiger partial charge in [0, 0.05) is 26.4 Å². The number of hydrogen-bond donors (Lipinski definition) is 2. The summed E-state index contributed by atoms with van der Waals surface area (Å²) in [5.41, 5.74) is 1.49. The van der Waals surface area contributed by atoms with Crippen LogP contribution < -0.4 is 0 Å². The lowest BCUT2D eigenvalue weighted by molar-refractivity contribution is -0.128. The fourth-order valence-corrected chi connectivity index (χ4v) is 3.86. The van der Waals surface area contributed by atoms with E-state index in [-0.39, 0.29) is 24.5 Å². The van der Waals surface area contributed by atoms with Gasteiger partial charge in [-0.25, -0.2) is 0 Å². The van der Waals surface area contributed by atoms with Crippen LogP contribution in [0.5, 0.6) is 0 Å². The van der Waals surface area contributed by atoms with E-state index in [1.54, 1.807) is 25.1 Å². The molecule has 0 spiro atoms. The molecule has 4 nitrogen and oxygen atoms in total. The van der Waals surface area contributed by atoms with Gasteiger partial charge in [-0.3, -0.25) is 4.79 Å². The lowest BCUT2D eigenvalue weighted by atomic mass is 9.89. The van der Waals surface area contributed by atoms with Crippen molar-refractivity contribution in [3.63, 3.8) is 0 Å². The first kappa shape index (κ1) is 17.2. The number of allylic oxidation sites excluding steroid dienone is 2. The maximum Gasteiger partial charge on any atom is 0.222 e. The topological polar surface area (TPSA) is 60.8 Å². The van der Waals surface area contributed by atoms with Gasteiger partial charge in [-0.15, -0.1) is 0 Å². The van der Waals surface area contributed by atoms with Gasteiger partial charge in [0.15, 0.2) is 0 Å². The summed E-state index contributed by atoms with van der Waals surface area (Å²) in [5, 5.41) is 19.1. The van der Waals surface area contributed by atoms with Crippen LogP contribution in [0.4, 0.5) is 0 Å². The van der Waals surface area contributed by atoms with E-state index in [4.69, 9.17) is 5.11 Å². The molecule has 4 atom stereocenters. The van der Waals surface area contributed by atoms with E-state index in [0.717, 1.165) is 32.1 Å². The number of carbonyl (C=O) groups is 1. The van der Waals surface area contributed by atoms with Crippen molar-refractivity contribution < 1.29 is 15.0 Å². The maximum atomic E-state index is 11.5. The van der Waals surface area contributed by atoms with Crippen molar-refractivity contribution in [2.75, 3.05) is 20.7 Å². The van der Waals surface area contributed by atoms with Crippen molar-refractivity contribution >= 4 is 5.91 Å². The summed E-state index contributed by atoms with van der Waals surface area (Å²) in [7, 11) is 3.60. The SMILES string of the molecule is CN(C)C(=O)CCCCC1=C[C@H]2C[C@@H](O)[C@H](/C=C/CO)[C@H]2C1. The molecule has 0 unspecified atom stereocenters. The largest absolute Gasteiger partial charge is 0.392 e. The van der Waals surface area contributed by atoms with Gasteiger partial charge >= 0.3 is 0 Å². The van der Waals surface area contributed by atoms with Crippen LogP contribution >= 0.6 is 0 Å². The smallest absolute Gasteiger partial charge is 0.222 e. The Kier molecular flexibility index (Phi) is 6.21. The van der Waals surface area contributed by atoms with Crippen molar-refractivity contribution in [1.82, 2.24) is 4.90 Å². The highest BCUT2D eigenvalue weighted by Crippen LogP contribution is 2.48. The second-order valence-corrected chi connectivity index (χ2v) is 6.84. The first-order valence-corrected chi connectivity index (χ1v) is 8.38. The molecular formula is C18H29NO3. The van der Waals surface area contributed by atoms with E-state index < -0.39 is 0 Å². The van der Waals surface area contributed by atoms with Gasteiger partial charge in [-0.05, 0) is 43.9 Å². The molecule has 1 amide bonds. The lowest BCUT2D eigenvalue weighted by Gasteiger charge is -2.18. The highest BCUT2D eigenvalue weighted by Gasteiger charge is 2.42. The van der Waals surface area contributed by atoms with Gasteiger partial charge in [-0.2, -0.15) is 0 Å². The third-order valence-electron chi connectivity index (χ3n) is 5.05. The molecule has 0 saturated heterocycles. The molecule has 0 aromatic heterocycles. The van der Waals surface area contributed by atoms with Crippen LogP contribution in [0, 0.1) is 17.8 Å². The first-order chi connectivity index (χ1) is 10.5. The predicted molar refractivity (Wildman–Crippen MR) is 87.2 cm³/mol. The Morgan fingerprint density at radius 1 is 1.41 bits per heavy atom. The number of rotatable bonds is 7. The number of unbranched alkanes of at least 4 members (excludes halogenated alkanes) is 1. The molecule has 0 bridgehead atoms. The van der Waals surface area contributed by atoms with Gasteiger partial charge in [0.1, 0.15) is 0 Å². The molecule has 0 radical (unpaired) electrons. The number of nitrogens with zero attached hydrogens (tertiary/aromatic N) is 1. The van der Waals surface area contributed by atoms with Crippen LogP contribution in [0.3, 0.4) is 0 Å². The molecule has 2 aliphatic carbocycles. The van der Waals surface area contributed by atoms with Crippen LogP contribution in [-0.2, 0) is 4.79 Å². The summed E-state index contributed by atoms with van der Waals surface area (Å²) >= 11 is 0. The number of aliphatic hydroxyl groups is 2. The summed E-state index contributed by atoms with van der Waals surface area (Å²) in [6.07, 6.45) is 11.4. The van der Waals surface area contributed by atoms with Crippen LogP contribution in [0.2, 0.25) is 0 Å². The van der Waals surface area contributed by atoms with E-state index in [1.165, 1.54) is 5.57 Å². The summed E-state index contributed by atoms with van der Waals surface area (Å²) in [4.78, 5) is 13.2.